The minimum absolute atomic E-state index is 0.0671. The van der Waals surface area contributed by atoms with E-state index < -0.39 is 19.3 Å². The average Bonchev–Trinajstić information content (AvgIpc) is 2.96. The lowest BCUT2D eigenvalue weighted by molar-refractivity contribution is 0.0933. The van der Waals surface area contributed by atoms with Crippen molar-refractivity contribution >= 4 is 13.5 Å². The third-order valence-corrected chi connectivity index (χ3v) is 7.79. The van der Waals surface area contributed by atoms with Gasteiger partial charge in [-0.25, -0.2) is 0 Å². The Balaban J connectivity index is 1.95. The highest BCUT2D eigenvalue weighted by molar-refractivity contribution is 7.54. The summed E-state index contributed by atoms with van der Waals surface area (Å²) in [5.41, 5.74) is 0.777. The van der Waals surface area contributed by atoms with Crippen LogP contribution in [0.15, 0.2) is 60.7 Å². The molecule has 210 valence electrons. The van der Waals surface area contributed by atoms with Crippen LogP contribution in [0.4, 0.5) is 0 Å². The van der Waals surface area contributed by atoms with Crippen LogP contribution in [-0.4, -0.2) is 43.3 Å². The number of ether oxygens (including phenoxy) is 3. The number of methoxy groups -OCH3 is 2. The predicted molar refractivity (Wildman–Crippen MR) is 148 cm³/mol. The molecule has 1 aromatic heterocycles. The number of hydrogen-bond acceptors (Lipinski definition) is 9. The molecule has 0 bridgehead atoms. The number of nitrogens with zero attached hydrogens (tertiary/aromatic N) is 2. The summed E-state index contributed by atoms with van der Waals surface area (Å²) in [5, 5.41) is 2.89. The average molecular weight is 558 g/mol. The molecule has 10 nitrogen and oxygen atoms in total. The van der Waals surface area contributed by atoms with Gasteiger partial charge in [0, 0.05) is 0 Å². The van der Waals surface area contributed by atoms with Gasteiger partial charge in [-0.2, -0.15) is 9.97 Å². The van der Waals surface area contributed by atoms with Crippen LogP contribution in [0.2, 0.25) is 0 Å². The molecule has 0 aliphatic carbocycles. The lowest BCUT2D eigenvalue weighted by Crippen LogP contribution is -2.30. The van der Waals surface area contributed by atoms with Crippen molar-refractivity contribution in [3.63, 3.8) is 0 Å². The van der Waals surface area contributed by atoms with E-state index in [1.807, 2.05) is 32.0 Å². The van der Waals surface area contributed by atoms with E-state index in [0.717, 1.165) is 12.8 Å². The van der Waals surface area contributed by atoms with E-state index in [0.29, 0.717) is 18.4 Å². The van der Waals surface area contributed by atoms with Crippen LogP contribution in [0.5, 0.6) is 23.5 Å². The second-order valence-electron chi connectivity index (χ2n) is 8.53. The standard InChI is InChI=1S/C28H36N3O7P/c1-5-7-18-36-39(33,37-19-8-6-2)27(21-14-10-9-11-15-21)31-26(32)22-16-12-13-17-23(22)38-28-29-24(34-3)20-25(30-28)35-4/h9-17,20,27H,5-8,18-19H2,1-4H3,(H,31,32). The lowest BCUT2D eigenvalue weighted by atomic mass is 10.1. The minimum atomic E-state index is -3.82. The zero-order valence-corrected chi connectivity index (χ0v) is 23.7. The fourth-order valence-electron chi connectivity index (χ4n) is 3.52. The number of amides is 1. The number of unbranched alkanes of at least 4 members (excludes halogenated alkanes) is 2. The first-order valence-electron chi connectivity index (χ1n) is 12.9. The molecular weight excluding hydrogens is 521 g/mol. The highest BCUT2D eigenvalue weighted by Gasteiger charge is 2.39. The summed E-state index contributed by atoms with van der Waals surface area (Å²) in [7, 11) is -0.902. The van der Waals surface area contributed by atoms with Gasteiger partial charge in [-0.1, -0.05) is 69.2 Å². The van der Waals surface area contributed by atoms with Crippen molar-refractivity contribution < 1.29 is 32.6 Å². The highest BCUT2D eigenvalue weighted by atomic mass is 31.2. The zero-order valence-electron chi connectivity index (χ0n) is 22.8. The number of nitrogens with one attached hydrogen (secondary N) is 1. The summed E-state index contributed by atoms with van der Waals surface area (Å²) in [6.45, 7) is 4.52. The Kier molecular flexibility index (Phi) is 11.7. The molecule has 0 saturated heterocycles. The maximum atomic E-state index is 14.2. The van der Waals surface area contributed by atoms with Gasteiger partial charge in [-0.15, -0.1) is 0 Å². The first-order chi connectivity index (χ1) is 18.9. The van der Waals surface area contributed by atoms with Crippen molar-refractivity contribution in [2.45, 2.75) is 45.3 Å². The smallest absolute Gasteiger partial charge is 0.357 e. The molecule has 1 N–H and O–H groups in total. The summed E-state index contributed by atoms with van der Waals surface area (Å²) in [4.78, 5) is 22.0. The predicted octanol–water partition coefficient (Wildman–Crippen LogP) is 6.54. The minimum Gasteiger partial charge on any atom is -0.481 e. The van der Waals surface area contributed by atoms with E-state index in [2.05, 4.69) is 15.3 Å². The summed E-state index contributed by atoms with van der Waals surface area (Å²) < 4.78 is 42.2. The number of aromatic nitrogens is 2. The zero-order chi connectivity index (χ0) is 28.1. The van der Waals surface area contributed by atoms with Gasteiger partial charge in [-0.05, 0) is 30.5 Å². The van der Waals surface area contributed by atoms with Gasteiger partial charge in [0.15, 0.2) is 5.78 Å². The normalized spacial score (nSPS) is 12.0. The number of rotatable bonds is 16. The van der Waals surface area contributed by atoms with E-state index in [4.69, 9.17) is 23.3 Å². The highest BCUT2D eigenvalue weighted by Crippen LogP contribution is 2.60. The van der Waals surface area contributed by atoms with Crippen molar-refractivity contribution in [3.05, 3.63) is 71.8 Å². The molecular formula is C28H36N3O7P. The van der Waals surface area contributed by atoms with Crippen LogP contribution < -0.4 is 19.5 Å². The van der Waals surface area contributed by atoms with Crippen LogP contribution in [0.3, 0.4) is 0 Å². The van der Waals surface area contributed by atoms with Gasteiger partial charge in [-0.3, -0.25) is 9.36 Å². The first-order valence-corrected chi connectivity index (χ1v) is 14.5. The number of benzene rings is 2. The Morgan fingerprint density at radius 2 is 1.44 bits per heavy atom. The number of carbonyl (C=O) groups is 1. The van der Waals surface area contributed by atoms with Crippen molar-refractivity contribution in [1.29, 1.82) is 0 Å². The summed E-state index contributed by atoms with van der Waals surface area (Å²) in [5.74, 6) is -0.922. The Labute approximate surface area is 229 Å². The van der Waals surface area contributed by atoms with Gasteiger partial charge in [0.05, 0.1) is 39.1 Å². The van der Waals surface area contributed by atoms with Crippen molar-refractivity contribution in [3.8, 4) is 23.5 Å². The van der Waals surface area contributed by atoms with Gasteiger partial charge >= 0.3 is 13.6 Å². The monoisotopic (exact) mass is 557 g/mol. The van der Waals surface area contributed by atoms with Crippen LogP contribution in [-0.2, 0) is 13.6 Å². The topological polar surface area (TPSA) is 118 Å². The quantitative estimate of drug-likeness (QED) is 0.155. The second kappa shape index (κ2) is 15.2. The third-order valence-electron chi connectivity index (χ3n) is 5.65. The molecule has 0 fully saturated rings. The SMILES string of the molecule is CCCCOP(=O)(OCCCC)C(NC(=O)c1ccccc1Oc1nc(OC)cc(OC)n1)c1ccccc1. The molecule has 0 saturated carbocycles. The van der Waals surface area contributed by atoms with Gasteiger partial charge in [0.1, 0.15) is 5.75 Å². The van der Waals surface area contributed by atoms with Crippen LogP contribution in [0.25, 0.3) is 0 Å². The maximum Gasteiger partial charge on any atom is 0.357 e. The van der Waals surface area contributed by atoms with Crippen LogP contribution in [0, 0.1) is 0 Å². The lowest BCUT2D eigenvalue weighted by Gasteiger charge is -2.28. The maximum absolute atomic E-state index is 14.2. The van der Waals surface area contributed by atoms with E-state index >= 15 is 0 Å². The van der Waals surface area contributed by atoms with E-state index in [9.17, 15) is 9.36 Å². The fourth-order valence-corrected chi connectivity index (χ4v) is 5.47. The molecule has 0 aliphatic rings. The molecule has 1 heterocycles. The Morgan fingerprint density at radius 1 is 0.872 bits per heavy atom. The molecule has 39 heavy (non-hydrogen) atoms. The van der Waals surface area contributed by atoms with E-state index in [1.165, 1.54) is 20.3 Å². The van der Waals surface area contributed by atoms with Crippen molar-refractivity contribution in [2.24, 2.45) is 0 Å². The number of carbonyl (C=O) groups excluding carboxylic acids is 1. The number of hydrogen-bond donors (Lipinski definition) is 1. The van der Waals surface area contributed by atoms with E-state index in [1.54, 1.807) is 36.4 Å². The van der Waals surface area contributed by atoms with Crippen molar-refractivity contribution in [2.75, 3.05) is 27.4 Å². The fraction of sp³-hybridized carbons (Fsp3) is 0.393. The first kappa shape index (κ1) is 30.1. The Bertz CT molecular complexity index is 1210. The Morgan fingerprint density at radius 3 is 2.00 bits per heavy atom. The molecule has 0 radical (unpaired) electrons. The summed E-state index contributed by atoms with van der Waals surface area (Å²) in [6.07, 6.45) is 3.13. The van der Waals surface area contributed by atoms with Crippen molar-refractivity contribution in [1.82, 2.24) is 15.3 Å². The van der Waals surface area contributed by atoms with E-state index in [-0.39, 0.29) is 42.3 Å². The molecule has 2 aromatic carbocycles. The van der Waals surface area contributed by atoms with Crippen LogP contribution in [0.1, 0.15) is 61.2 Å². The van der Waals surface area contributed by atoms with Gasteiger partial charge in [0.2, 0.25) is 11.8 Å². The third kappa shape index (κ3) is 8.51. The summed E-state index contributed by atoms with van der Waals surface area (Å²) in [6, 6.07) is 17.1. The molecule has 0 aliphatic heterocycles. The van der Waals surface area contributed by atoms with Gasteiger partial charge in [0.25, 0.3) is 5.91 Å². The molecule has 1 unspecified atom stereocenters. The molecule has 3 rings (SSSR count). The summed E-state index contributed by atoms with van der Waals surface area (Å²) >= 11 is 0. The number of para-hydroxylation sites is 1. The molecule has 1 atom stereocenters. The Hall–Kier alpha value is -3.46. The molecule has 0 spiro atoms. The molecule has 11 heteroatoms. The molecule has 1 amide bonds. The van der Waals surface area contributed by atoms with Gasteiger partial charge < -0.3 is 28.6 Å². The molecule has 3 aromatic rings. The largest absolute Gasteiger partial charge is 0.481 e. The second-order valence-corrected chi connectivity index (χ2v) is 10.6. The van der Waals surface area contributed by atoms with Crippen LogP contribution >= 0.6 is 7.60 Å².